The van der Waals surface area contributed by atoms with E-state index in [0.29, 0.717) is 61.1 Å². The summed E-state index contributed by atoms with van der Waals surface area (Å²) in [4.78, 5) is 14.8. The van der Waals surface area contributed by atoms with Crippen LogP contribution < -0.4 is 14.7 Å². The van der Waals surface area contributed by atoms with E-state index in [1.807, 2.05) is 19.0 Å². The molecule has 0 atom stereocenters. The highest BCUT2D eigenvalue weighted by atomic mass is 32.2. The van der Waals surface area contributed by atoms with Crippen LogP contribution in [0.25, 0.3) is 0 Å². The van der Waals surface area contributed by atoms with Crippen LogP contribution in [0.3, 0.4) is 0 Å². The molecule has 1 aliphatic carbocycles. The van der Waals surface area contributed by atoms with Gasteiger partial charge in [-0.05, 0) is 80.9 Å². The minimum atomic E-state index is -3.34. The van der Waals surface area contributed by atoms with Crippen molar-refractivity contribution in [2.45, 2.75) is 42.4 Å². The Balaban J connectivity index is 1.72. The average molecular weight is 459 g/mol. The fourth-order valence-corrected chi connectivity index (χ4v) is 5.38. The van der Waals surface area contributed by atoms with E-state index < -0.39 is 9.84 Å². The Labute approximate surface area is 189 Å². The SMILES string of the molecule is COc1ccc(O[B]O)cc1CCC(=O)Nc1ccc(S(=O)(=O)C2CC2)c(CN(C)C)c1. The second-order valence-electron chi connectivity index (χ2n) is 8.05. The molecule has 0 aliphatic heterocycles. The van der Waals surface area contributed by atoms with Crippen molar-refractivity contribution in [2.24, 2.45) is 0 Å². The summed E-state index contributed by atoms with van der Waals surface area (Å²) in [6.07, 6.45) is 1.99. The Kier molecular flexibility index (Phi) is 7.81. The molecule has 1 saturated carbocycles. The van der Waals surface area contributed by atoms with Crippen molar-refractivity contribution in [3.63, 3.8) is 0 Å². The van der Waals surface area contributed by atoms with Crippen molar-refractivity contribution in [1.29, 1.82) is 0 Å². The summed E-state index contributed by atoms with van der Waals surface area (Å²) in [5.74, 6) is 0.844. The smallest absolute Gasteiger partial charge is 0.537 e. The van der Waals surface area contributed by atoms with Crippen LogP contribution in [0.1, 0.15) is 30.4 Å². The molecule has 0 aromatic heterocycles. The highest BCUT2D eigenvalue weighted by Crippen LogP contribution is 2.36. The van der Waals surface area contributed by atoms with E-state index in [1.54, 1.807) is 43.5 Å². The molecule has 1 aliphatic rings. The largest absolute Gasteiger partial charge is 0.569 e. The fraction of sp³-hybridized carbons (Fsp3) is 0.409. The Morgan fingerprint density at radius 3 is 2.56 bits per heavy atom. The van der Waals surface area contributed by atoms with Crippen LogP contribution in [0.15, 0.2) is 41.3 Å². The van der Waals surface area contributed by atoms with E-state index in [4.69, 9.17) is 14.4 Å². The number of nitrogens with zero attached hydrogens (tertiary/aromatic N) is 1. The van der Waals surface area contributed by atoms with Crippen molar-refractivity contribution in [3.8, 4) is 11.5 Å². The summed E-state index contributed by atoms with van der Waals surface area (Å²) < 4.78 is 35.9. The first-order valence-corrected chi connectivity index (χ1v) is 11.9. The number of rotatable bonds is 11. The van der Waals surface area contributed by atoms with Gasteiger partial charge in [-0.2, -0.15) is 0 Å². The molecule has 0 saturated heterocycles. The number of hydrogen-bond donors (Lipinski definition) is 2. The first-order valence-electron chi connectivity index (χ1n) is 10.4. The first-order chi connectivity index (χ1) is 15.2. The monoisotopic (exact) mass is 459 g/mol. The molecule has 32 heavy (non-hydrogen) atoms. The van der Waals surface area contributed by atoms with Gasteiger partial charge in [-0.15, -0.1) is 0 Å². The molecule has 1 amide bonds. The summed E-state index contributed by atoms with van der Waals surface area (Å²) >= 11 is 0. The maximum absolute atomic E-state index is 12.8. The van der Waals surface area contributed by atoms with Gasteiger partial charge in [0.05, 0.1) is 17.3 Å². The molecular formula is C22H28BN2O6S. The number of methoxy groups -OCH3 is 1. The number of sulfone groups is 1. The fourth-order valence-electron chi connectivity index (χ4n) is 3.51. The van der Waals surface area contributed by atoms with Crippen LogP contribution in [-0.4, -0.2) is 58.4 Å². The number of aryl methyl sites for hydroxylation is 1. The molecule has 171 valence electrons. The van der Waals surface area contributed by atoms with Gasteiger partial charge in [0, 0.05) is 18.7 Å². The van der Waals surface area contributed by atoms with Crippen LogP contribution >= 0.6 is 0 Å². The van der Waals surface area contributed by atoms with E-state index in [-0.39, 0.29) is 17.6 Å². The van der Waals surface area contributed by atoms with E-state index >= 15 is 0 Å². The Morgan fingerprint density at radius 2 is 1.94 bits per heavy atom. The quantitative estimate of drug-likeness (QED) is 0.497. The summed E-state index contributed by atoms with van der Waals surface area (Å²) in [6.45, 7) is 0.455. The van der Waals surface area contributed by atoms with Crippen LogP contribution in [0.4, 0.5) is 5.69 Å². The molecule has 0 heterocycles. The molecule has 2 aromatic rings. The number of ether oxygens (including phenoxy) is 1. The maximum Gasteiger partial charge on any atom is 0.569 e. The summed E-state index contributed by atoms with van der Waals surface area (Å²) in [5, 5.41) is 11.4. The Hall–Kier alpha value is -2.56. The second kappa shape index (κ2) is 10.4. The third-order valence-electron chi connectivity index (χ3n) is 5.16. The molecule has 8 nitrogen and oxygen atoms in total. The van der Waals surface area contributed by atoms with E-state index in [9.17, 15) is 13.2 Å². The number of amides is 1. The molecule has 2 aromatic carbocycles. The summed E-state index contributed by atoms with van der Waals surface area (Å²) in [5.41, 5.74) is 1.99. The van der Waals surface area contributed by atoms with Gasteiger partial charge in [0.1, 0.15) is 11.5 Å². The van der Waals surface area contributed by atoms with Crippen LogP contribution in [0.2, 0.25) is 0 Å². The standard InChI is InChI=1S/C22H28BN2O6S/c1-25(2)14-16-12-17(5-10-21(16)32(28,29)19-7-8-19)24-22(26)11-4-15-13-18(31-23-27)6-9-20(15)30-3/h5-6,9-10,12-13,19,27H,4,7-8,11,14H2,1-3H3,(H,24,26). The topological polar surface area (TPSA) is 105 Å². The molecule has 1 radical (unpaired) electrons. The predicted octanol–water partition coefficient (Wildman–Crippen LogP) is 2.17. The lowest BCUT2D eigenvalue weighted by molar-refractivity contribution is -0.116. The van der Waals surface area contributed by atoms with Crippen molar-refractivity contribution in [2.75, 3.05) is 26.5 Å². The molecule has 3 rings (SSSR count). The minimum Gasteiger partial charge on any atom is -0.537 e. The van der Waals surface area contributed by atoms with Gasteiger partial charge in [0.25, 0.3) is 0 Å². The molecular weight excluding hydrogens is 431 g/mol. The van der Waals surface area contributed by atoms with Crippen molar-refractivity contribution in [1.82, 2.24) is 4.90 Å². The van der Waals surface area contributed by atoms with E-state index in [1.165, 1.54) is 0 Å². The lowest BCUT2D eigenvalue weighted by Crippen LogP contribution is -2.18. The lowest BCUT2D eigenvalue weighted by Gasteiger charge is -2.16. The van der Waals surface area contributed by atoms with Gasteiger partial charge >= 0.3 is 7.69 Å². The zero-order valence-electron chi connectivity index (χ0n) is 18.5. The zero-order chi connectivity index (χ0) is 23.3. The molecule has 1 fully saturated rings. The van der Waals surface area contributed by atoms with E-state index in [0.717, 1.165) is 5.56 Å². The second-order valence-corrected chi connectivity index (χ2v) is 10.2. The number of carbonyl (C=O) groups is 1. The highest BCUT2D eigenvalue weighted by Gasteiger charge is 2.38. The van der Waals surface area contributed by atoms with Crippen molar-refractivity contribution >= 4 is 29.1 Å². The van der Waals surface area contributed by atoms with Gasteiger partial charge in [0.15, 0.2) is 9.84 Å². The van der Waals surface area contributed by atoms with Gasteiger partial charge < -0.3 is 24.6 Å². The third kappa shape index (κ3) is 6.02. The predicted molar refractivity (Wildman–Crippen MR) is 123 cm³/mol. The summed E-state index contributed by atoms with van der Waals surface area (Å²) in [6, 6.07) is 10.0. The highest BCUT2D eigenvalue weighted by molar-refractivity contribution is 7.92. The summed E-state index contributed by atoms with van der Waals surface area (Å²) in [7, 11) is 2.55. The normalized spacial score (nSPS) is 13.7. The van der Waals surface area contributed by atoms with Gasteiger partial charge in [-0.25, -0.2) is 8.42 Å². The lowest BCUT2D eigenvalue weighted by atomic mass is 10.1. The Bertz CT molecular complexity index is 1070. The van der Waals surface area contributed by atoms with Crippen molar-refractivity contribution < 1.29 is 27.6 Å². The number of benzene rings is 2. The van der Waals surface area contributed by atoms with Gasteiger partial charge in [0.2, 0.25) is 5.91 Å². The van der Waals surface area contributed by atoms with Gasteiger partial charge in [-0.1, -0.05) is 0 Å². The molecule has 0 unspecified atom stereocenters. The number of carbonyl (C=O) groups excluding carboxylic acids is 1. The third-order valence-corrected chi connectivity index (χ3v) is 7.52. The molecule has 10 heteroatoms. The number of nitrogens with one attached hydrogen (secondary N) is 1. The zero-order valence-corrected chi connectivity index (χ0v) is 19.3. The van der Waals surface area contributed by atoms with Gasteiger partial charge in [-0.3, -0.25) is 4.79 Å². The average Bonchev–Trinajstić information content (AvgIpc) is 3.58. The first kappa shape index (κ1) is 24.1. The number of hydrogen-bond acceptors (Lipinski definition) is 7. The van der Waals surface area contributed by atoms with Crippen LogP contribution in [0.5, 0.6) is 11.5 Å². The molecule has 2 N–H and O–H groups in total. The molecule has 0 spiro atoms. The minimum absolute atomic E-state index is 0.188. The molecule has 0 bridgehead atoms. The van der Waals surface area contributed by atoms with Crippen LogP contribution in [0, 0.1) is 0 Å². The Morgan fingerprint density at radius 1 is 1.19 bits per heavy atom. The maximum atomic E-state index is 12.8. The van der Waals surface area contributed by atoms with Crippen LogP contribution in [-0.2, 0) is 27.6 Å². The van der Waals surface area contributed by atoms with E-state index in [2.05, 4.69) is 5.32 Å². The number of anilines is 1. The van der Waals surface area contributed by atoms with Crippen molar-refractivity contribution in [3.05, 3.63) is 47.5 Å².